The third kappa shape index (κ3) is 5.87. The number of para-hydroxylation sites is 4. The molecule has 0 unspecified atom stereocenters. The van der Waals surface area contributed by atoms with Gasteiger partial charge in [0.25, 0.3) is 0 Å². The highest BCUT2D eigenvalue weighted by atomic mass is 32.1. The Kier molecular flexibility index (Phi) is 9.14. The Morgan fingerprint density at radius 2 is 0.705 bits per heavy atom. The minimum atomic E-state index is -0.606. The average molecular weight is 1010 g/mol. The summed E-state index contributed by atoms with van der Waals surface area (Å²) in [7, 11) is 0. The van der Waals surface area contributed by atoms with Crippen LogP contribution in [0.5, 0.6) is 23.0 Å². The van der Waals surface area contributed by atoms with E-state index in [1.54, 1.807) is 0 Å². The Hall–Kier alpha value is -9.74. The highest BCUT2D eigenvalue weighted by Gasteiger charge is 2.53. The summed E-state index contributed by atoms with van der Waals surface area (Å²) in [4.78, 5) is 2.44. The molecular weight excluding hydrogens is 967 g/mol. The fourth-order valence-electron chi connectivity index (χ4n) is 14.1. The summed E-state index contributed by atoms with van der Waals surface area (Å²) in [6.07, 6.45) is 0. The summed E-state index contributed by atoms with van der Waals surface area (Å²) in [5, 5.41) is 2.62. The monoisotopic (exact) mass is 1010 g/mol. The third-order valence-electron chi connectivity index (χ3n) is 17.2. The zero-order chi connectivity index (χ0) is 51.1. The van der Waals surface area contributed by atoms with Crippen molar-refractivity contribution in [2.75, 3.05) is 4.90 Å². The van der Waals surface area contributed by atoms with E-state index in [1.165, 1.54) is 81.4 Å². The van der Waals surface area contributed by atoms with Gasteiger partial charge in [-0.3, -0.25) is 0 Å². The largest absolute Gasteiger partial charge is 0.457 e. The van der Waals surface area contributed by atoms with Gasteiger partial charge in [-0.1, -0.05) is 200 Å². The van der Waals surface area contributed by atoms with Gasteiger partial charge in [-0.05, 0) is 140 Å². The molecule has 4 aliphatic rings. The number of rotatable bonds is 5. The molecule has 3 nitrogen and oxygen atoms in total. The van der Waals surface area contributed by atoms with Gasteiger partial charge in [-0.25, -0.2) is 0 Å². The second kappa shape index (κ2) is 16.4. The van der Waals surface area contributed by atoms with E-state index in [4.69, 9.17) is 9.47 Å². The van der Waals surface area contributed by atoms with Crippen molar-refractivity contribution in [3.63, 3.8) is 0 Å². The van der Waals surface area contributed by atoms with E-state index < -0.39 is 10.8 Å². The van der Waals surface area contributed by atoms with Crippen molar-refractivity contribution in [2.24, 2.45) is 0 Å². The predicted molar refractivity (Wildman–Crippen MR) is 320 cm³/mol. The summed E-state index contributed by atoms with van der Waals surface area (Å²) in [5.41, 5.74) is 21.4. The topological polar surface area (TPSA) is 21.7 Å². The molecule has 78 heavy (non-hydrogen) atoms. The summed E-state index contributed by atoms with van der Waals surface area (Å²) in [5.74, 6) is 3.55. The number of ether oxygens (including phenoxy) is 2. The first-order valence-corrected chi connectivity index (χ1v) is 27.6. The van der Waals surface area contributed by atoms with Crippen molar-refractivity contribution in [2.45, 2.75) is 10.8 Å². The maximum absolute atomic E-state index is 6.74. The first kappa shape index (κ1) is 43.5. The maximum Gasteiger partial charge on any atom is 0.132 e. The Labute approximate surface area is 456 Å². The molecule has 0 N–H and O–H groups in total. The van der Waals surface area contributed by atoms with Gasteiger partial charge in [0.05, 0.1) is 10.8 Å². The lowest BCUT2D eigenvalue weighted by Gasteiger charge is -2.39. The van der Waals surface area contributed by atoms with Crippen molar-refractivity contribution in [1.82, 2.24) is 0 Å². The maximum atomic E-state index is 6.74. The summed E-state index contributed by atoms with van der Waals surface area (Å²) in [6, 6.07) is 100. The third-order valence-corrected chi connectivity index (χ3v) is 18.4. The van der Waals surface area contributed by atoms with Crippen LogP contribution in [0.4, 0.5) is 17.1 Å². The molecular formula is C74H45NO2S. The van der Waals surface area contributed by atoms with Gasteiger partial charge in [0, 0.05) is 59.5 Å². The standard InChI is InChI=1S/C74H45NO2S/c1-4-20-58-53(16-1)54-43-41-51(45-65(54)74(58)62-24-8-12-29-68(62)77-69-30-13-9-25-63(69)74)75(49-37-32-46(33-38-49)48-36-42-56-55-17-3-14-31-70(55)78-71(56)44-48)50-39-34-47(35-40-50)52-19-15-26-64-72(52)57-18-2-5-21-59(57)73(64)60-22-6-10-27-66(60)76-67-28-11-7-23-61(67)73/h1-45H. The van der Waals surface area contributed by atoms with E-state index in [0.29, 0.717) is 0 Å². The lowest BCUT2D eigenvalue weighted by atomic mass is 9.66. The van der Waals surface area contributed by atoms with E-state index in [0.717, 1.165) is 67.9 Å². The van der Waals surface area contributed by atoms with Gasteiger partial charge in [0.2, 0.25) is 0 Å². The zero-order valence-electron chi connectivity index (χ0n) is 42.2. The SMILES string of the molecule is c1ccc2c(c1)Oc1ccccc1C21c2ccccc2-c2ccc(N(c3ccc(-c4ccc5c(c4)sc4ccccc45)cc3)c3ccc(-c4cccc5c4-c4ccccc4C54c5ccccc5Oc5ccccc54)cc3)cc21. The number of hydrogen-bond acceptors (Lipinski definition) is 4. The van der Waals surface area contributed by atoms with Crippen molar-refractivity contribution in [3.8, 4) is 67.5 Å². The van der Waals surface area contributed by atoms with Gasteiger partial charge in [-0.15, -0.1) is 11.3 Å². The Bertz CT molecular complexity index is 4550. The van der Waals surface area contributed by atoms with Crippen LogP contribution in [0.3, 0.4) is 0 Å². The van der Waals surface area contributed by atoms with Gasteiger partial charge in [-0.2, -0.15) is 0 Å². The zero-order valence-corrected chi connectivity index (χ0v) is 43.0. The molecule has 1 aromatic heterocycles. The van der Waals surface area contributed by atoms with Crippen LogP contribution in [0.1, 0.15) is 44.5 Å². The first-order chi connectivity index (χ1) is 38.7. The van der Waals surface area contributed by atoms with Gasteiger partial charge < -0.3 is 14.4 Å². The molecule has 13 aromatic rings. The van der Waals surface area contributed by atoms with Crippen molar-refractivity contribution in [3.05, 3.63) is 317 Å². The molecule has 3 heterocycles. The minimum absolute atomic E-state index is 0.546. The molecule has 4 heteroatoms. The molecule has 0 fully saturated rings. The van der Waals surface area contributed by atoms with Crippen LogP contribution in [0, 0.1) is 0 Å². The smallest absolute Gasteiger partial charge is 0.132 e. The molecule has 2 aliphatic carbocycles. The number of anilines is 3. The molecule has 12 aromatic carbocycles. The molecule has 17 rings (SSSR count). The average Bonchev–Trinajstić information content (AvgIpc) is 4.32. The normalized spacial score (nSPS) is 14.1. The van der Waals surface area contributed by atoms with Crippen LogP contribution in [0.15, 0.2) is 273 Å². The van der Waals surface area contributed by atoms with Crippen LogP contribution in [-0.4, -0.2) is 0 Å². The highest BCUT2D eigenvalue weighted by molar-refractivity contribution is 7.25. The molecule has 0 amide bonds. The Morgan fingerprint density at radius 1 is 0.269 bits per heavy atom. The van der Waals surface area contributed by atoms with Crippen LogP contribution in [-0.2, 0) is 10.8 Å². The molecule has 0 radical (unpaired) electrons. The summed E-state index contributed by atoms with van der Waals surface area (Å²) >= 11 is 1.86. The Balaban J connectivity index is 0.842. The molecule has 0 atom stereocenters. The van der Waals surface area contributed by atoms with E-state index in [9.17, 15) is 0 Å². The van der Waals surface area contributed by atoms with Crippen molar-refractivity contribution < 1.29 is 9.47 Å². The number of nitrogens with zero attached hydrogens (tertiary/aromatic N) is 1. The molecule has 0 bridgehead atoms. The van der Waals surface area contributed by atoms with E-state index in [2.05, 4.69) is 278 Å². The second-order valence-electron chi connectivity index (χ2n) is 21.0. The van der Waals surface area contributed by atoms with E-state index in [-0.39, 0.29) is 0 Å². The van der Waals surface area contributed by atoms with Gasteiger partial charge in [0.15, 0.2) is 0 Å². The number of thiophene rings is 1. The molecule has 2 spiro atoms. The lowest BCUT2D eigenvalue weighted by Crippen LogP contribution is -2.32. The lowest BCUT2D eigenvalue weighted by molar-refractivity contribution is 0.436. The summed E-state index contributed by atoms with van der Waals surface area (Å²) < 4.78 is 16.0. The van der Waals surface area contributed by atoms with Gasteiger partial charge in [0.1, 0.15) is 23.0 Å². The van der Waals surface area contributed by atoms with Crippen LogP contribution in [0.2, 0.25) is 0 Å². The second-order valence-corrected chi connectivity index (χ2v) is 22.1. The highest BCUT2D eigenvalue weighted by Crippen LogP contribution is 2.65. The number of benzene rings is 12. The first-order valence-electron chi connectivity index (χ1n) is 26.8. The van der Waals surface area contributed by atoms with E-state index >= 15 is 0 Å². The van der Waals surface area contributed by atoms with Crippen LogP contribution < -0.4 is 14.4 Å². The van der Waals surface area contributed by atoms with Crippen molar-refractivity contribution in [1.29, 1.82) is 0 Å². The number of hydrogen-bond donors (Lipinski definition) is 0. The van der Waals surface area contributed by atoms with Crippen LogP contribution >= 0.6 is 11.3 Å². The van der Waals surface area contributed by atoms with E-state index in [1.807, 2.05) is 11.3 Å². The van der Waals surface area contributed by atoms with Gasteiger partial charge >= 0.3 is 0 Å². The molecule has 0 saturated heterocycles. The van der Waals surface area contributed by atoms with Crippen molar-refractivity contribution >= 4 is 48.6 Å². The predicted octanol–water partition coefficient (Wildman–Crippen LogP) is 19.8. The molecule has 364 valence electrons. The molecule has 0 saturated carbocycles. The fraction of sp³-hybridized carbons (Fsp3) is 0.0270. The molecule has 2 aliphatic heterocycles. The fourth-order valence-corrected chi connectivity index (χ4v) is 15.2. The minimum Gasteiger partial charge on any atom is -0.457 e. The summed E-state index contributed by atoms with van der Waals surface area (Å²) in [6.45, 7) is 0. The number of fused-ring (bicyclic) bond motifs is 21. The van der Waals surface area contributed by atoms with Crippen LogP contribution in [0.25, 0.3) is 64.7 Å². The quantitative estimate of drug-likeness (QED) is 0.171. The Morgan fingerprint density at radius 3 is 1.33 bits per heavy atom.